The van der Waals surface area contributed by atoms with Gasteiger partial charge in [-0.3, -0.25) is 4.72 Å². The van der Waals surface area contributed by atoms with Crippen molar-refractivity contribution in [2.75, 3.05) is 11.3 Å². The quantitative estimate of drug-likeness (QED) is 0.662. The van der Waals surface area contributed by atoms with Gasteiger partial charge in [0.25, 0.3) is 10.0 Å². The lowest BCUT2D eigenvalue weighted by Crippen LogP contribution is -2.13. The van der Waals surface area contributed by atoms with Gasteiger partial charge in [0.05, 0.1) is 11.5 Å². The SMILES string of the molecule is CCOc1ccc(S(=O)(=O)Nc2ccc(Br)cc2)c2ccccc12. The normalized spacial score (nSPS) is 11.4. The van der Waals surface area contributed by atoms with Crippen molar-refractivity contribution in [3.8, 4) is 5.75 Å². The molecule has 0 unspecified atom stereocenters. The first-order valence-corrected chi connectivity index (χ1v) is 9.72. The molecule has 3 rings (SSSR count). The molecule has 1 N–H and O–H groups in total. The Labute approximate surface area is 149 Å². The second-order valence-corrected chi connectivity index (χ2v) is 7.72. The third-order valence-corrected chi connectivity index (χ3v) is 5.50. The molecule has 24 heavy (non-hydrogen) atoms. The van der Waals surface area contributed by atoms with Crippen LogP contribution in [0.2, 0.25) is 0 Å². The summed E-state index contributed by atoms with van der Waals surface area (Å²) in [6.45, 7) is 2.42. The van der Waals surface area contributed by atoms with Crippen LogP contribution in [0.5, 0.6) is 5.75 Å². The molecule has 3 aromatic rings. The van der Waals surface area contributed by atoms with Gasteiger partial charge in [0.2, 0.25) is 0 Å². The molecule has 0 saturated heterocycles. The van der Waals surface area contributed by atoms with Crippen LogP contribution in [-0.4, -0.2) is 15.0 Å². The number of halogens is 1. The van der Waals surface area contributed by atoms with Gasteiger partial charge in [0.1, 0.15) is 5.75 Å². The van der Waals surface area contributed by atoms with Gasteiger partial charge in [0, 0.05) is 20.9 Å². The number of ether oxygens (including phenoxy) is 1. The fraction of sp³-hybridized carbons (Fsp3) is 0.111. The van der Waals surface area contributed by atoms with Crippen molar-refractivity contribution in [1.29, 1.82) is 0 Å². The van der Waals surface area contributed by atoms with E-state index in [0.717, 1.165) is 9.86 Å². The van der Waals surface area contributed by atoms with Crippen LogP contribution in [0.3, 0.4) is 0 Å². The van der Waals surface area contributed by atoms with Crippen LogP contribution in [0.25, 0.3) is 10.8 Å². The van der Waals surface area contributed by atoms with E-state index in [0.29, 0.717) is 23.4 Å². The molecule has 0 amide bonds. The Hall–Kier alpha value is -2.05. The van der Waals surface area contributed by atoms with Crippen molar-refractivity contribution in [3.63, 3.8) is 0 Å². The van der Waals surface area contributed by atoms with Crippen LogP contribution < -0.4 is 9.46 Å². The zero-order chi connectivity index (χ0) is 17.2. The van der Waals surface area contributed by atoms with Crippen LogP contribution in [-0.2, 0) is 10.0 Å². The summed E-state index contributed by atoms with van der Waals surface area (Å²) in [4.78, 5) is 0.226. The van der Waals surface area contributed by atoms with Crippen LogP contribution in [0.15, 0.2) is 70.0 Å². The maximum Gasteiger partial charge on any atom is 0.262 e. The van der Waals surface area contributed by atoms with Gasteiger partial charge in [-0.05, 0) is 43.3 Å². The van der Waals surface area contributed by atoms with Crippen molar-refractivity contribution >= 4 is 42.4 Å². The summed E-state index contributed by atoms with van der Waals surface area (Å²) in [6.07, 6.45) is 0. The van der Waals surface area contributed by atoms with Crippen LogP contribution in [0, 0.1) is 0 Å². The molecule has 0 aliphatic heterocycles. The summed E-state index contributed by atoms with van der Waals surface area (Å²) in [7, 11) is -3.71. The highest BCUT2D eigenvalue weighted by molar-refractivity contribution is 9.10. The van der Waals surface area contributed by atoms with E-state index in [1.807, 2.05) is 25.1 Å². The number of rotatable bonds is 5. The molecule has 0 heterocycles. The first kappa shape index (κ1) is 16.8. The monoisotopic (exact) mass is 405 g/mol. The number of sulfonamides is 1. The van der Waals surface area contributed by atoms with E-state index in [-0.39, 0.29) is 4.90 Å². The Morgan fingerprint density at radius 2 is 1.62 bits per heavy atom. The smallest absolute Gasteiger partial charge is 0.262 e. The zero-order valence-electron chi connectivity index (χ0n) is 13.0. The Morgan fingerprint density at radius 3 is 2.29 bits per heavy atom. The molecule has 0 aromatic heterocycles. The van der Waals surface area contributed by atoms with Gasteiger partial charge in [-0.25, -0.2) is 8.42 Å². The number of hydrogen-bond acceptors (Lipinski definition) is 3. The van der Waals surface area contributed by atoms with Gasteiger partial charge in [-0.1, -0.05) is 40.2 Å². The second-order valence-electron chi connectivity index (χ2n) is 5.15. The molecule has 124 valence electrons. The highest BCUT2D eigenvalue weighted by Crippen LogP contribution is 2.32. The largest absolute Gasteiger partial charge is 0.493 e. The van der Waals surface area contributed by atoms with Crippen LogP contribution in [0.4, 0.5) is 5.69 Å². The first-order chi connectivity index (χ1) is 11.5. The van der Waals surface area contributed by atoms with Gasteiger partial charge in [-0.2, -0.15) is 0 Å². The van der Waals surface area contributed by atoms with Crippen molar-refractivity contribution in [2.45, 2.75) is 11.8 Å². The fourth-order valence-electron chi connectivity index (χ4n) is 2.49. The first-order valence-electron chi connectivity index (χ1n) is 7.44. The summed E-state index contributed by atoms with van der Waals surface area (Å²) >= 11 is 3.33. The number of hydrogen-bond donors (Lipinski definition) is 1. The fourth-order valence-corrected chi connectivity index (χ4v) is 4.02. The molecule has 6 heteroatoms. The van der Waals surface area contributed by atoms with Crippen LogP contribution >= 0.6 is 15.9 Å². The topological polar surface area (TPSA) is 55.4 Å². The van der Waals surface area contributed by atoms with Crippen LogP contribution in [0.1, 0.15) is 6.92 Å². The molecule has 3 aromatic carbocycles. The average molecular weight is 406 g/mol. The van der Waals surface area contributed by atoms with E-state index in [9.17, 15) is 8.42 Å². The average Bonchev–Trinajstić information content (AvgIpc) is 2.57. The molecule has 0 spiro atoms. The highest BCUT2D eigenvalue weighted by atomic mass is 79.9. The number of fused-ring (bicyclic) bond motifs is 1. The van der Waals surface area contributed by atoms with E-state index in [4.69, 9.17) is 4.74 Å². The second kappa shape index (κ2) is 6.83. The standard InChI is InChI=1S/C18H16BrNO3S/c1-2-23-17-11-12-18(16-6-4-3-5-15(16)17)24(21,22)20-14-9-7-13(19)8-10-14/h3-12,20H,2H2,1H3. The maximum atomic E-state index is 12.8. The lowest BCUT2D eigenvalue weighted by Gasteiger charge is -2.13. The number of nitrogens with one attached hydrogen (secondary N) is 1. The molecule has 4 nitrogen and oxygen atoms in total. The summed E-state index contributed by atoms with van der Waals surface area (Å²) in [6, 6.07) is 17.6. The lowest BCUT2D eigenvalue weighted by atomic mass is 10.1. The minimum absolute atomic E-state index is 0.226. The molecule has 0 fully saturated rings. The predicted octanol–water partition coefficient (Wildman–Crippen LogP) is 4.80. The third-order valence-electron chi connectivity index (χ3n) is 3.53. The lowest BCUT2D eigenvalue weighted by molar-refractivity contribution is 0.344. The molecule has 0 aliphatic carbocycles. The summed E-state index contributed by atoms with van der Waals surface area (Å²) in [5.41, 5.74) is 0.510. The van der Waals surface area contributed by atoms with Gasteiger partial charge < -0.3 is 4.74 Å². The van der Waals surface area contributed by atoms with E-state index < -0.39 is 10.0 Å². The Balaban J connectivity index is 2.08. The zero-order valence-corrected chi connectivity index (χ0v) is 15.4. The molecule has 0 radical (unpaired) electrons. The molecular weight excluding hydrogens is 390 g/mol. The minimum atomic E-state index is -3.71. The van der Waals surface area contributed by atoms with Gasteiger partial charge in [-0.15, -0.1) is 0 Å². The Bertz CT molecular complexity index is 969. The maximum absolute atomic E-state index is 12.8. The summed E-state index contributed by atoms with van der Waals surface area (Å²) in [5.74, 6) is 0.677. The van der Waals surface area contributed by atoms with Crippen molar-refractivity contribution in [1.82, 2.24) is 0 Å². The Morgan fingerprint density at radius 1 is 0.958 bits per heavy atom. The van der Waals surface area contributed by atoms with Crippen molar-refractivity contribution < 1.29 is 13.2 Å². The molecule has 0 saturated carbocycles. The summed E-state index contributed by atoms with van der Waals surface area (Å²) < 4.78 is 34.7. The minimum Gasteiger partial charge on any atom is -0.493 e. The molecular formula is C18H16BrNO3S. The number of benzene rings is 3. The van der Waals surface area contributed by atoms with E-state index in [1.54, 1.807) is 42.5 Å². The van der Waals surface area contributed by atoms with E-state index >= 15 is 0 Å². The Kier molecular flexibility index (Phi) is 4.78. The van der Waals surface area contributed by atoms with E-state index in [1.165, 1.54) is 0 Å². The van der Waals surface area contributed by atoms with E-state index in [2.05, 4.69) is 20.7 Å². The molecule has 0 bridgehead atoms. The van der Waals surface area contributed by atoms with Gasteiger partial charge in [0.15, 0.2) is 0 Å². The van der Waals surface area contributed by atoms with Crippen molar-refractivity contribution in [2.24, 2.45) is 0 Å². The van der Waals surface area contributed by atoms with Crippen molar-refractivity contribution in [3.05, 3.63) is 65.1 Å². The molecule has 0 atom stereocenters. The summed E-state index contributed by atoms with van der Waals surface area (Å²) in [5, 5.41) is 1.41. The number of anilines is 1. The van der Waals surface area contributed by atoms with Gasteiger partial charge >= 0.3 is 0 Å². The third kappa shape index (κ3) is 3.39. The highest BCUT2D eigenvalue weighted by Gasteiger charge is 2.19. The predicted molar refractivity (Wildman–Crippen MR) is 100 cm³/mol. The molecule has 0 aliphatic rings.